The molecular formula is C19H25NO6S. The van der Waals surface area contributed by atoms with Gasteiger partial charge >= 0.3 is 5.97 Å². The minimum atomic E-state index is -4.08. The van der Waals surface area contributed by atoms with Gasteiger partial charge in [0.05, 0.1) is 11.2 Å². The number of hydrogen-bond acceptors (Lipinski definition) is 5. The van der Waals surface area contributed by atoms with E-state index in [1.165, 1.54) is 0 Å². The average Bonchev–Trinajstić information content (AvgIpc) is 3.14. The highest BCUT2D eigenvalue weighted by Crippen LogP contribution is 2.64. The third kappa shape index (κ3) is 3.48. The smallest absolute Gasteiger partial charge is 0.326 e. The second-order valence-electron chi connectivity index (χ2n) is 8.29. The molecule has 1 aliphatic heterocycles. The van der Waals surface area contributed by atoms with Gasteiger partial charge in [0.25, 0.3) is 10.1 Å². The molecule has 2 bridgehead atoms. The van der Waals surface area contributed by atoms with Crippen LogP contribution in [0.4, 0.5) is 5.69 Å². The molecule has 2 fully saturated rings. The zero-order valence-electron chi connectivity index (χ0n) is 15.4. The molecule has 1 aromatic rings. The Kier molecular flexibility index (Phi) is 4.84. The highest BCUT2D eigenvalue weighted by atomic mass is 32.2. The molecule has 0 aromatic heterocycles. The van der Waals surface area contributed by atoms with Crippen LogP contribution in [-0.2, 0) is 26.1 Å². The van der Waals surface area contributed by atoms with Crippen LogP contribution < -0.4 is 5.32 Å². The van der Waals surface area contributed by atoms with Gasteiger partial charge in [-0.2, -0.15) is 8.42 Å². The number of para-hydroxylation sites is 1. The Labute approximate surface area is 158 Å². The zero-order valence-corrected chi connectivity index (χ0v) is 16.3. The van der Waals surface area contributed by atoms with Crippen molar-refractivity contribution in [1.29, 1.82) is 0 Å². The third-order valence-corrected chi connectivity index (χ3v) is 7.49. The first-order valence-corrected chi connectivity index (χ1v) is 10.6. The van der Waals surface area contributed by atoms with Crippen molar-refractivity contribution in [3.8, 4) is 0 Å². The second-order valence-corrected chi connectivity index (χ2v) is 9.74. The number of benzene rings is 1. The fourth-order valence-corrected chi connectivity index (χ4v) is 6.17. The van der Waals surface area contributed by atoms with Crippen LogP contribution in [-0.4, -0.2) is 41.6 Å². The first-order valence-electron chi connectivity index (χ1n) is 9.02. The number of nitrogens with one attached hydrogen (secondary N) is 1. The second kappa shape index (κ2) is 6.60. The number of carboxylic acids is 1. The zero-order chi connectivity index (χ0) is 20.0. The van der Waals surface area contributed by atoms with Crippen molar-refractivity contribution in [1.82, 2.24) is 0 Å². The van der Waals surface area contributed by atoms with Crippen LogP contribution in [0, 0.1) is 16.7 Å². The van der Waals surface area contributed by atoms with E-state index in [9.17, 15) is 18.0 Å². The molecule has 3 aliphatic rings. The van der Waals surface area contributed by atoms with E-state index in [1.807, 2.05) is 38.1 Å². The summed E-state index contributed by atoms with van der Waals surface area (Å²) in [7, 11) is -4.08. The van der Waals surface area contributed by atoms with Gasteiger partial charge in [0.15, 0.2) is 0 Å². The lowest BCUT2D eigenvalue weighted by Crippen LogP contribution is -2.42. The van der Waals surface area contributed by atoms with Gasteiger partial charge in [-0.3, -0.25) is 9.35 Å². The van der Waals surface area contributed by atoms with Crippen molar-refractivity contribution in [2.75, 3.05) is 11.1 Å². The summed E-state index contributed by atoms with van der Waals surface area (Å²) >= 11 is 0. The summed E-state index contributed by atoms with van der Waals surface area (Å²) in [5.41, 5.74) is 0.917. The average molecular weight is 395 g/mol. The van der Waals surface area contributed by atoms with Crippen LogP contribution in [0.5, 0.6) is 0 Å². The highest BCUT2D eigenvalue weighted by Gasteiger charge is 2.65. The molecule has 0 saturated heterocycles. The van der Waals surface area contributed by atoms with Crippen molar-refractivity contribution in [2.24, 2.45) is 16.7 Å². The quantitative estimate of drug-likeness (QED) is 0.672. The summed E-state index contributed by atoms with van der Waals surface area (Å²) in [6.07, 6.45) is 2.56. The molecule has 0 radical (unpaired) electrons. The highest BCUT2D eigenvalue weighted by molar-refractivity contribution is 7.85. The number of fused-ring (bicyclic) bond motifs is 3. The van der Waals surface area contributed by atoms with Crippen LogP contribution in [0.3, 0.4) is 0 Å². The topological polar surface area (TPSA) is 121 Å². The first kappa shape index (κ1) is 19.8. The van der Waals surface area contributed by atoms with E-state index in [0.717, 1.165) is 17.7 Å². The minimum absolute atomic E-state index is 0.0152. The summed E-state index contributed by atoms with van der Waals surface area (Å²) in [5, 5.41) is 11.7. The molecule has 0 amide bonds. The molecule has 0 spiro atoms. The van der Waals surface area contributed by atoms with Gasteiger partial charge in [-0.25, -0.2) is 4.79 Å². The molecular weight excluding hydrogens is 370 g/mol. The van der Waals surface area contributed by atoms with Crippen LogP contribution in [0.25, 0.3) is 0 Å². The summed E-state index contributed by atoms with van der Waals surface area (Å²) in [6.45, 7) is 3.89. The standard InChI is InChI=1S/C10H16O4S.C9H9NO2/c1-9(2)7-3-4-10(9,8(11)5-7)6-15(12,13)14;11-9(12)8-5-6-3-1-2-4-7(6)10-8/h7H,3-6H2,1-2H3,(H,12,13,14);1-4,8,10H,5H2,(H,11,12)/t7?,10-;8-/m10/s1. The Morgan fingerprint density at radius 2 is 1.93 bits per heavy atom. The van der Waals surface area contributed by atoms with E-state index < -0.39 is 33.3 Å². The van der Waals surface area contributed by atoms with Crippen LogP contribution >= 0.6 is 0 Å². The lowest BCUT2D eigenvalue weighted by Gasteiger charge is -2.35. The molecule has 3 N–H and O–H groups in total. The molecule has 8 heteroatoms. The normalized spacial score (nSPS) is 30.3. The number of Topliss-reactive ketones (excluding diaryl/α,β-unsaturated/α-hetero) is 1. The largest absolute Gasteiger partial charge is 0.480 e. The number of hydrogen-bond donors (Lipinski definition) is 3. The van der Waals surface area contributed by atoms with Gasteiger partial charge < -0.3 is 10.4 Å². The van der Waals surface area contributed by atoms with Crippen molar-refractivity contribution in [2.45, 2.75) is 45.6 Å². The number of anilines is 1. The Hall–Kier alpha value is -1.93. The molecule has 27 heavy (non-hydrogen) atoms. The molecule has 4 rings (SSSR count). The number of carbonyl (C=O) groups excluding carboxylic acids is 1. The Morgan fingerprint density at radius 1 is 1.26 bits per heavy atom. The van der Waals surface area contributed by atoms with Crippen LogP contribution in [0.15, 0.2) is 24.3 Å². The fraction of sp³-hybridized carbons (Fsp3) is 0.579. The van der Waals surface area contributed by atoms with Gasteiger partial charge in [-0.15, -0.1) is 0 Å². The Bertz CT molecular complexity index is 853. The molecule has 148 valence electrons. The van der Waals surface area contributed by atoms with E-state index in [0.29, 0.717) is 19.3 Å². The summed E-state index contributed by atoms with van der Waals surface area (Å²) in [5.74, 6) is -0.887. The van der Waals surface area contributed by atoms with Crippen molar-refractivity contribution in [3.05, 3.63) is 29.8 Å². The third-order valence-electron chi connectivity index (χ3n) is 6.64. The molecule has 2 aliphatic carbocycles. The van der Waals surface area contributed by atoms with E-state index in [-0.39, 0.29) is 17.1 Å². The molecule has 1 aromatic carbocycles. The van der Waals surface area contributed by atoms with E-state index in [1.54, 1.807) is 0 Å². The maximum atomic E-state index is 11.9. The number of aliphatic carboxylic acids is 1. The lowest BCUT2D eigenvalue weighted by molar-refractivity contribution is -0.137. The maximum absolute atomic E-state index is 11.9. The lowest BCUT2D eigenvalue weighted by atomic mass is 9.70. The Balaban J connectivity index is 0.000000159. The predicted molar refractivity (Wildman–Crippen MR) is 100 cm³/mol. The van der Waals surface area contributed by atoms with Crippen molar-refractivity contribution >= 4 is 27.6 Å². The van der Waals surface area contributed by atoms with Gasteiger partial charge in [-0.05, 0) is 35.8 Å². The molecule has 2 saturated carbocycles. The monoisotopic (exact) mass is 395 g/mol. The van der Waals surface area contributed by atoms with Gasteiger partial charge in [0.2, 0.25) is 0 Å². The number of rotatable bonds is 3. The predicted octanol–water partition coefficient (Wildman–Crippen LogP) is 2.38. The molecule has 1 unspecified atom stereocenters. The molecule has 1 heterocycles. The van der Waals surface area contributed by atoms with Crippen molar-refractivity contribution < 1.29 is 27.7 Å². The first-order chi connectivity index (χ1) is 12.5. The van der Waals surface area contributed by atoms with E-state index in [2.05, 4.69) is 5.32 Å². The van der Waals surface area contributed by atoms with Gasteiger partial charge in [0.1, 0.15) is 11.8 Å². The van der Waals surface area contributed by atoms with E-state index in [4.69, 9.17) is 9.66 Å². The SMILES string of the molecule is CC1(C)C2CC[C@@]1(CS(=O)(=O)O)C(=O)C2.O=C(O)[C@@H]1Cc2ccccc2N1. The fourth-order valence-electron chi connectivity index (χ4n) is 4.87. The summed E-state index contributed by atoms with van der Waals surface area (Å²) in [6, 6.07) is 7.23. The van der Waals surface area contributed by atoms with Gasteiger partial charge in [-0.1, -0.05) is 32.0 Å². The summed E-state index contributed by atoms with van der Waals surface area (Å²) in [4.78, 5) is 22.5. The number of ketones is 1. The number of carboxylic acid groups (broad SMARTS) is 1. The van der Waals surface area contributed by atoms with Gasteiger partial charge in [0, 0.05) is 18.5 Å². The summed E-state index contributed by atoms with van der Waals surface area (Å²) < 4.78 is 31.0. The molecule has 3 atom stereocenters. The minimum Gasteiger partial charge on any atom is -0.480 e. The van der Waals surface area contributed by atoms with Crippen molar-refractivity contribution in [3.63, 3.8) is 0 Å². The van der Waals surface area contributed by atoms with Crippen LogP contribution in [0.2, 0.25) is 0 Å². The van der Waals surface area contributed by atoms with Crippen LogP contribution in [0.1, 0.15) is 38.7 Å². The molecule has 7 nitrogen and oxygen atoms in total. The maximum Gasteiger partial charge on any atom is 0.326 e. The number of carbonyl (C=O) groups is 2. The van der Waals surface area contributed by atoms with E-state index >= 15 is 0 Å². The Morgan fingerprint density at radius 3 is 2.41 bits per heavy atom.